The van der Waals surface area contributed by atoms with Crippen LogP contribution in [-0.4, -0.2) is 6.21 Å². The average molecular weight is 215 g/mol. The van der Waals surface area contributed by atoms with E-state index in [1.54, 1.807) is 0 Å². The molecule has 0 saturated heterocycles. The zero-order valence-electron chi connectivity index (χ0n) is 10.7. The number of hydrogen-bond donors (Lipinski definition) is 0. The van der Waals surface area contributed by atoms with Crippen molar-refractivity contribution in [3.63, 3.8) is 0 Å². The first kappa shape index (κ1) is 14.4. The van der Waals surface area contributed by atoms with E-state index in [9.17, 15) is 0 Å². The van der Waals surface area contributed by atoms with E-state index in [0.29, 0.717) is 0 Å². The molecule has 0 fully saturated rings. The van der Waals surface area contributed by atoms with E-state index in [4.69, 9.17) is 0 Å². The van der Waals surface area contributed by atoms with E-state index < -0.39 is 0 Å². The van der Waals surface area contributed by atoms with Crippen LogP contribution in [0, 0.1) is 0 Å². The lowest BCUT2D eigenvalue weighted by Gasteiger charge is -2.00. The topological polar surface area (TPSA) is 12.4 Å². The van der Waals surface area contributed by atoms with Crippen LogP contribution in [-0.2, 0) is 0 Å². The van der Waals surface area contributed by atoms with Crippen LogP contribution in [0.25, 0.3) is 0 Å². The summed E-state index contributed by atoms with van der Waals surface area (Å²) in [5, 5.41) is 0. The van der Waals surface area contributed by atoms with E-state index >= 15 is 0 Å². The van der Waals surface area contributed by atoms with E-state index in [-0.39, 0.29) is 0 Å². The first-order valence-electron chi connectivity index (χ1n) is 5.37. The van der Waals surface area contributed by atoms with Crippen molar-refractivity contribution >= 4 is 6.21 Å². The van der Waals surface area contributed by atoms with Crippen LogP contribution in [0.4, 0.5) is 0 Å². The molecule has 0 aliphatic heterocycles. The minimum atomic E-state index is 0.765. The molecule has 0 unspecified atom stereocenters. The Kier molecular flexibility index (Phi) is 6.86. The number of rotatable bonds is 5. The predicted molar refractivity (Wildman–Crippen MR) is 74.8 cm³/mol. The second-order valence-corrected chi connectivity index (χ2v) is 3.66. The quantitative estimate of drug-likeness (QED) is 0.469. The number of hydrogen-bond acceptors (Lipinski definition) is 1. The van der Waals surface area contributed by atoms with Gasteiger partial charge in [-0.05, 0) is 38.8 Å². The molecule has 0 aromatic rings. The highest BCUT2D eigenvalue weighted by molar-refractivity contribution is 5.78. The SMILES string of the molecule is C=C(C)/C=C\C(=C/C)C(=C)N=C/C(C)=C\C. The summed E-state index contributed by atoms with van der Waals surface area (Å²) >= 11 is 0. The summed E-state index contributed by atoms with van der Waals surface area (Å²) in [5.74, 6) is 0. The fourth-order valence-electron chi connectivity index (χ4n) is 0.920. The molecule has 0 aromatic heterocycles. The van der Waals surface area contributed by atoms with E-state index in [1.165, 1.54) is 0 Å². The van der Waals surface area contributed by atoms with Crippen LogP contribution < -0.4 is 0 Å². The Morgan fingerprint density at radius 2 is 1.62 bits per heavy atom. The molecule has 0 aromatic carbocycles. The maximum absolute atomic E-state index is 4.31. The molecule has 0 atom stereocenters. The molecule has 0 heterocycles. The van der Waals surface area contributed by atoms with Crippen molar-refractivity contribution in [3.05, 3.63) is 59.9 Å². The normalized spacial score (nSPS) is 13.8. The lowest BCUT2D eigenvalue weighted by molar-refractivity contribution is 1.34. The van der Waals surface area contributed by atoms with Crippen molar-refractivity contribution in [3.8, 4) is 0 Å². The standard InChI is InChI=1S/C15H21N/c1-7-13(5)11-16-14(6)15(8-2)10-9-12(3)4/h7-11H,3,6H2,1-2,4-5H3/b10-9-,13-7-,15-8+,16-11?. The van der Waals surface area contributed by atoms with Crippen LogP contribution in [0.5, 0.6) is 0 Å². The molecule has 0 radical (unpaired) electrons. The first-order valence-corrected chi connectivity index (χ1v) is 5.37. The Hall–Kier alpha value is -1.63. The Morgan fingerprint density at radius 1 is 1.00 bits per heavy atom. The third-order valence-corrected chi connectivity index (χ3v) is 2.07. The lowest BCUT2D eigenvalue weighted by Crippen LogP contribution is -1.84. The average Bonchev–Trinajstić information content (AvgIpc) is 2.26. The van der Waals surface area contributed by atoms with Gasteiger partial charge >= 0.3 is 0 Å². The summed E-state index contributed by atoms with van der Waals surface area (Å²) < 4.78 is 0. The molecule has 1 heteroatoms. The number of allylic oxidation sites excluding steroid dienone is 6. The molecule has 1 nitrogen and oxygen atoms in total. The molecular weight excluding hydrogens is 194 g/mol. The van der Waals surface area contributed by atoms with Crippen molar-refractivity contribution in [2.45, 2.75) is 27.7 Å². The first-order chi connectivity index (χ1) is 7.51. The van der Waals surface area contributed by atoms with Gasteiger partial charge in [0.05, 0.1) is 5.70 Å². The highest BCUT2D eigenvalue weighted by atomic mass is 14.7. The molecule has 0 spiro atoms. The third kappa shape index (κ3) is 5.97. The monoisotopic (exact) mass is 215 g/mol. The van der Waals surface area contributed by atoms with E-state index in [0.717, 1.165) is 22.4 Å². The molecule has 16 heavy (non-hydrogen) atoms. The van der Waals surface area contributed by atoms with E-state index in [1.807, 2.05) is 58.2 Å². The van der Waals surface area contributed by atoms with Gasteiger partial charge in [-0.3, -0.25) is 4.99 Å². The van der Waals surface area contributed by atoms with E-state index in [2.05, 4.69) is 18.2 Å². The van der Waals surface area contributed by atoms with Crippen LogP contribution in [0.2, 0.25) is 0 Å². The minimum absolute atomic E-state index is 0.765. The van der Waals surface area contributed by atoms with Crippen LogP contribution in [0.1, 0.15) is 27.7 Å². The zero-order valence-corrected chi connectivity index (χ0v) is 10.7. The molecule has 0 N–H and O–H groups in total. The van der Waals surface area contributed by atoms with Gasteiger partial charge in [-0.15, -0.1) is 0 Å². The molecule has 86 valence electrons. The Bertz CT molecular complexity index is 376. The van der Waals surface area contributed by atoms with Gasteiger partial charge in [0, 0.05) is 6.21 Å². The van der Waals surface area contributed by atoms with Gasteiger partial charge in [-0.2, -0.15) is 0 Å². The molecule has 0 rings (SSSR count). The summed E-state index contributed by atoms with van der Waals surface area (Å²) in [7, 11) is 0. The smallest absolute Gasteiger partial charge is 0.0627 e. The van der Waals surface area contributed by atoms with Gasteiger partial charge in [-0.25, -0.2) is 0 Å². The minimum Gasteiger partial charge on any atom is -0.257 e. The summed E-state index contributed by atoms with van der Waals surface area (Å²) in [4.78, 5) is 4.31. The van der Waals surface area contributed by atoms with Crippen molar-refractivity contribution in [1.82, 2.24) is 0 Å². The zero-order chi connectivity index (χ0) is 12.6. The second kappa shape index (κ2) is 7.63. The van der Waals surface area contributed by atoms with Crippen LogP contribution >= 0.6 is 0 Å². The molecule has 0 aliphatic carbocycles. The predicted octanol–water partition coefficient (Wildman–Crippen LogP) is 4.62. The summed E-state index contributed by atoms with van der Waals surface area (Å²) in [6.07, 6.45) is 9.76. The van der Waals surface area contributed by atoms with Gasteiger partial charge in [0.1, 0.15) is 0 Å². The van der Waals surface area contributed by atoms with Crippen molar-refractivity contribution in [2.24, 2.45) is 4.99 Å². The van der Waals surface area contributed by atoms with Gasteiger partial charge in [0.25, 0.3) is 0 Å². The lowest BCUT2D eigenvalue weighted by atomic mass is 10.1. The molecule has 0 saturated carbocycles. The Balaban J connectivity index is 4.70. The maximum atomic E-state index is 4.31. The van der Waals surface area contributed by atoms with Gasteiger partial charge < -0.3 is 0 Å². The van der Waals surface area contributed by atoms with Crippen molar-refractivity contribution in [2.75, 3.05) is 0 Å². The fraction of sp³-hybridized carbons (Fsp3) is 0.267. The highest BCUT2D eigenvalue weighted by Gasteiger charge is 1.94. The van der Waals surface area contributed by atoms with Crippen molar-refractivity contribution in [1.29, 1.82) is 0 Å². The highest BCUT2D eigenvalue weighted by Crippen LogP contribution is 2.11. The van der Waals surface area contributed by atoms with Crippen molar-refractivity contribution < 1.29 is 0 Å². The van der Waals surface area contributed by atoms with Gasteiger partial charge in [0.15, 0.2) is 0 Å². The van der Waals surface area contributed by atoms with Crippen LogP contribution in [0.3, 0.4) is 0 Å². The summed E-state index contributed by atoms with van der Waals surface area (Å²) in [5.41, 5.74) is 3.92. The molecule has 0 amide bonds. The third-order valence-electron chi connectivity index (χ3n) is 2.07. The second-order valence-electron chi connectivity index (χ2n) is 3.66. The number of aliphatic imine (C=N–C) groups is 1. The van der Waals surface area contributed by atoms with Crippen LogP contribution in [0.15, 0.2) is 64.9 Å². The Morgan fingerprint density at radius 3 is 2.06 bits per heavy atom. The van der Waals surface area contributed by atoms with Gasteiger partial charge in [0.2, 0.25) is 0 Å². The number of nitrogens with zero attached hydrogens (tertiary/aromatic N) is 1. The summed E-state index contributed by atoms with van der Waals surface area (Å²) in [6, 6.07) is 0. The largest absolute Gasteiger partial charge is 0.257 e. The van der Waals surface area contributed by atoms with Gasteiger partial charge in [-0.1, -0.05) is 43.0 Å². The fourth-order valence-corrected chi connectivity index (χ4v) is 0.920. The Labute approximate surface area is 99.3 Å². The maximum Gasteiger partial charge on any atom is 0.0627 e. The molecule has 0 aliphatic rings. The molecular formula is C15H21N. The molecule has 0 bridgehead atoms. The summed E-state index contributed by atoms with van der Waals surface area (Å²) in [6.45, 7) is 15.7.